The number of rotatable bonds is 3. The summed E-state index contributed by atoms with van der Waals surface area (Å²) >= 11 is 2.02. The van der Waals surface area contributed by atoms with Gasteiger partial charge < -0.3 is 5.32 Å². The van der Waals surface area contributed by atoms with Gasteiger partial charge in [-0.2, -0.15) is 0 Å². The maximum Gasteiger partial charge on any atom is 0.0962 e. The van der Waals surface area contributed by atoms with Gasteiger partial charge in [-0.15, -0.1) is 11.3 Å². The van der Waals surface area contributed by atoms with Crippen LogP contribution in [0.2, 0.25) is 0 Å². The first-order chi connectivity index (χ1) is 9.31. The Morgan fingerprint density at radius 2 is 2.16 bits per heavy atom. The van der Waals surface area contributed by atoms with Gasteiger partial charge in [-0.3, -0.25) is 0 Å². The average molecular weight is 278 g/mol. The van der Waals surface area contributed by atoms with E-state index >= 15 is 0 Å². The lowest BCUT2D eigenvalue weighted by Gasteiger charge is -2.27. The quantitative estimate of drug-likeness (QED) is 0.885. The van der Waals surface area contributed by atoms with Crippen LogP contribution in [0.5, 0.6) is 0 Å². The highest BCUT2D eigenvalue weighted by atomic mass is 32.1. The number of hydrogen-bond donors (Lipinski definition) is 1. The molecule has 3 atom stereocenters. The Balaban J connectivity index is 1.80. The lowest BCUT2D eigenvalue weighted by atomic mass is 9.80. The normalized spacial score (nSPS) is 31.2. The molecule has 2 nitrogen and oxygen atoms in total. The Hall–Kier alpha value is -0.410. The molecule has 3 unspecified atom stereocenters. The highest BCUT2D eigenvalue weighted by molar-refractivity contribution is 7.11. The van der Waals surface area contributed by atoms with Crippen molar-refractivity contribution in [3.8, 4) is 0 Å². The molecule has 3 heteroatoms. The number of thiazole rings is 1. The van der Waals surface area contributed by atoms with Crippen LogP contribution in [0.3, 0.4) is 0 Å². The van der Waals surface area contributed by atoms with Gasteiger partial charge in [0.15, 0.2) is 0 Å². The molecule has 1 N–H and O–H groups in total. The number of hydrogen-bond acceptors (Lipinski definition) is 3. The van der Waals surface area contributed by atoms with Gasteiger partial charge in [0.05, 0.1) is 16.7 Å². The minimum atomic E-state index is 0.513. The Bertz CT molecular complexity index is 426. The van der Waals surface area contributed by atoms with E-state index in [1.54, 1.807) is 4.88 Å². The van der Waals surface area contributed by atoms with Crippen molar-refractivity contribution in [1.82, 2.24) is 10.3 Å². The van der Waals surface area contributed by atoms with Crippen LogP contribution in [-0.4, -0.2) is 12.0 Å². The predicted molar refractivity (Wildman–Crippen MR) is 81.8 cm³/mol. The minimum Gasteiger partial charge on any atom is -0.312 e. The Morgan fingerprint density at radius 3 is 2.95 bits per heavy atom. The fraction of sp³-hybridized carbons (Fsp3) is 0.812. The molecule has 3 rings (SSSR count). The minimum absolute atomic E-state index is 0.513. The molecule has 0 aromatic carbocycles. The smallest absolute Gasteiger partial charge is 0.0962 e. The van der Waals surface area contributed by atoms with Gasteiger partial charge in [-0.1, -0.05) is 26.2 Å². The van der Waals surface area contributed by atoms with E-state index in [9.17, 15) is 0 Å². The van der Waals surface area contributed by atoms with Crippen LogP contribution in [0.1, 0.15) is 79.4 Å². The van der Waals surface area contributed by atoms with Crippen LogP contribution in [0.4, 0.5) is 0 Å². The van der Waals surface area contributed by atoms with Gasteiger partial charge in [0, 0.05) is 10.8 Å². The third-order valence-corrected chi connectivity index (χ3v) is 6.32. The summed E-state index contributed by atoms with van der Waals surface area (Å²) in [4.78, 5) is 6.62. The first-order valence-corrected chi connectivity index (χ1v) is 8.80. The molecule has 2 aliphatic rings. The molecule has 1 aromatic heterocycles. The fourth-order valence-corrected chi connectivity index (χ4v) is 5.10. The molecule has 1 aromatic rings. The second-order valence-corrected chi connectivity index (χ2v) is 7.35. The second kappa shape index (κ2) is 5.92. The van der Waals surface area contributed by atoms with Gasteiger partial charge in [0.2, 0.25) is 0 Å². The molecule has 0 aliphatic heterocycles. The molecule has 0 radical (unpaired) electrons. The van der Waals surface area contributed by atoms with Crippen LogP contribution in [0.15, 0.2) is 0 Å². The van der Waals surface area contributed by atoms with E-state index in [2.05, 4.69) is 19.3 Å². The van der Waals surface area contributed by atoms with Crippen molar-refractivity contribution >= 4 is 11.3 Å². The van der Waals surface area contributed by atoms with Crippen molar-refractivity contribution in [3.63, 3.8) is 0 Å². The molecule has 2 aliphatic carbocycles. The summed E-state index contributed by atoms with van der Waals surface area (Å²) in [6.07, 6.45) is 10.8. The van der Waals surface area contributed by atoms with Crippen LogP contribution in [-0.2, 0) is 6.42 Å². The molecule has 1 fully saturated rings. The van der Waals surface area contributed by atoms with E-state index in [1.807, 2.05) is 11.3 Å². The molecular formula is C16H26N2S. The number of nitrogens with zero attached hydrogens (tertiary/aromatic N) is 1. The summed E-state index contributed by atoms with van der Waals surface area (Å²) in [7, 11) is 2.08. The van der Waals surface area contributed by atoms with Gasteiger partial charge in [0.1, 0.15) is 0 Å². The van der Waals surface area contributed by atoms with Crippen molar-refractivity contribution in [2.75, 3.05) is 7.05 Å². The van der Waals surface area contributed by atoms with Crippen LogP contribution >= 0.6 is 11.3 Å². The SMILES string of the molecule is CCC1CCCC(c2nc3c(s2)CCCC3NC)C1. The first-order valence-electron chi connectivity index (χ1n) is 7.98. The highest BCUT2D eigenvalue weighted by Gasteiger charge is 2.28. The highest BCUT2D eigenvalue weighted by Crippen LogP contribution is 2.42. The summed E-state index contributed by atoms with van der Waals surface area (Å²) in [5, 5.41) is 4.89. The molecule has 0 spiro atoms. The monoisotopic (exact) mass is 278 g/mol. The molecular weight excluding hydrogens is 252 g/mol. The predicted octanol–water partition coefficient (Wildman–Crippen LogP) is 4.42. The zero-order valence-corrected chi connectivity index (χ0v) is 13.1. The standard InChI is InChI=1S/C16H26N2S/c1-3-11-6-4-7-12(10-11)16-18-15-13(17-2)8-5-9-14(15)19-16/h11-13,17H,3-10H2,1-2H3. The fourth-order valence-electron chi connectivity index (χ4n) is 3.78. The lowest BCUT2D eigenvalue weighted by Crippen LogP contribution is -2.21. The van der Waals surface area contributed by atoms with Gasteiger partial charge in [-0.25, -0.2) is 4.98 Å². The maximum atomic E-state index is 5.05. The summed E-state index contributed by atoms with van der Waals surface area (Å²) in [5.41, 5.74) is 1.38. The van der Waals surface area contributed by atoms with Crippen molar-refractivity contribution in [1.29, 1.82) is 0 Å². The molecule has 1 saturated carbocycles. The summed E-state index contributed by atoms with van der Waals surface area (Å²) < 4.78 is 0. The third kappa shape index (κ3) is 2.73. The molecule has 106 valence electrons. The van der Waals surface area contributed by atoms with E-state index in [0.29, 0.717) is 6.04 Å². The van der Waals surface area contributed by atoms with Gasteiger partial charge in [0.25, 0.3) is 0 Å². The second-order valence-electron chi connectivity index (χ2n) is 6.23. The van der Waals surface area contributed by atoms with Gasteiger partial charge >= 0.3 is 0 Å². The maximum absolute atomic E-state index is 5.05. The number of fused-ring (bicyclic) bond motifs is 1. The summed E-state index contributed by atoms with van der Waals surface area (Å²) in [6, 6.07) is 0.513. The number of aryl methyl sites for hydroxylation is 1. The van der Waals surface area contributed by atoms with Crippen LogP contribution in [0.25, 0.3) is 0 Å². The molecule has 1 heterocycles. The topological polar surface area (TPSA) is 24.9 Å². The largest absolute Gasteiger partial charge is 0.312 e. The van der Waals surface area contributed by atoms with E-state index in [0.717, 1.165) is 11.8 Å². The van der Waals surface area contributed by atoms with Gasteiger partial charge in [-0.05, 0) is 45.1 Å². The van der Waals surface area contributed by atoms with Crippen LogP contribution < -0.4 is 5.32 Å². The molecule has 0 saturated heterocycles. The first kappa shape index (κ1) is 13.6. The Morgan fingerprint density at radius 1 is 1.26 bits per heavy atom. The zero-order chi connectivity index (χ0) is 13.2. The zero-order valence-electron chi connectivity index (χ0n) is 12.2. The lowest BCUT2D eigenvalue weighted by molar-refractivity contribution is 0.313. The summed E-state index contributed by atoms with van der Waals surface area (Å²) in [5.74, 6) is 1.70. The van der Waals surface area contributed by atoms with E-state index in [-0.39, 0.29) is 0 Å². The Kier molecular flexibility index (Phi) is 4.23. The molecule has 0 bridgehead atoms. The van der Waals surface area contributed by atoms with Crippen molar-refractivity contribution in [3.05, 3.63) is 15.6 Å². The van der Waals surface area contributed by atoms with Crippen molar-refractivity contribution in [2.45, 2.75) is 70.3 Å². The molecule has 19 heavy (non-hydrogen) atoms. The summed E-state index contributed by atoms with van der Waals surface area (Å²) in [6.45, 7) is 2.34. The number of aromatic nitrogens is 1. The van der Waals surface area contributed by atoms with E-state index < -0.39 is 0 Å². The van der Waals surface area contributed by atoms with E-state index in [1.165, 1.54) is 62.1 Å². The number of nitrogens with one attached hydrogen (secondary N) is 1. The van der Waals surface area contributed by atoms with E-state index in [4.69, 9.17) is 4.98 Å². The molecule has 0 amide bonds. The average Bonchev–Trinajstić information content (AvgIpc) is 2.91. The van der Waals surface area contributed by atoms with Crippen molar-refractivity contribution < 1.29 is 0 Å². The van der Waals surface area contributed by atoms with Crippen LogP contribution in [0, 0.1) is 5.92 Å². The van der Waals surface area contributed by atoms with Crippen molar-refractivity contribution in [2.24, 2.45) is 5.92 Å². The Labute approximate surface area is 121 Å². The third-order valence-electron chi connectivity index (χ3n) is 5.03.